The fourth-order valence-corrected chi connectivity index (χ4v) is 3.48. The number of rotatable bonds is 5. The molecule has 0 fully saturated rings. The van der Waals surface area contributed by atoms with Gasteiger partial charge in [0.15, 0.2) is 0 Å². The lowest BCUT2D eigenvalue weighted by molar-refractivity contribution is 0.101. The van der Waals surface area contributed by atoms with Crippen molar-refractivity contribution in [2.24, 2.45) is 0 Å². The van der Waals surface area contributed by atoms with Crippen LogP contribution in [0.25, 0.3) is 16.3 Å². The highest BCUT2D eigenvalue weighted by molar-refractivity contribution is 7.13. The van der Waals surface area contributed by atoms with E-state index in [-0.39, 0.29) is 12.5 Å². The molecule has 2 aromatic heterocycles. The molecule has 4 rings (SSSR count). The van der Waals surface area contributed by atoms with E-state index in [9.17, 15) is 9.90 Å². The summed E-state index contributed by atoms with van der Waals surface area (Å²) in [7, 11) is 0. The van der Waals surface area contributed by atoms with Gasteiger partial charge in [0.1, 0.15) is 11.4 Å². The number of aliphatic hydroxyl groups excluding tert-OH is 1. The smallest absolute Gasteiger partial charge is 0.274 e. The lowest BCUT2D eigenvalue weighted by atomic mass is 10.2. The van der Waals surface area contributed by atoms with Gasteiger partial charge >= 0.3 is 0 Å². The van der Waals surface area contributed by atoms with Crippen LogP contribution in [0.4, 0.5) is 5.69 Å². The van der Waals surface area contributed by atoms with Crippen LogP contribution < -0.4 is 5.32 Å². The lowest BCUT2D eigenvalue weighted by Crippen LogP contribution is -2.17. The Morgan fingerprint density at radius 2 is 1.89 bits per heavy atom. The summed E-state index contributed by atoms with van der Waals surface area (Å²) in [6.07, 6.45) is 0. The van der Waals surface area contributed by atoms with Crippen molar-refractivity contribution >= 4 is 22.9 Å². The number of thiophene rings is 1. The van der Waals surface area contributed by atoms with Gasteiger partial charge in [-0.25, -0.2) is 4.68 Å². The van der Waals surface area contributed by atoms with Crippen molar-refractivity contribution in [2.45, 2.75) is 6.61 Å². The molecule has 1 amide bonds. The molecule has 0 saturated carbocycles. The first-order valence-corrected chi connectivity index (χ1v) is 9.33. The highest BCUT2D eigenvalue weighted by Gasteiger charge is 2.18. The summed E-state index contributed by atoms with van der Waals surface area (Å²) >= 11 is 1.58. The maximum absolute atomic E-state index is 13.0. The third-order valence-corrected chi connectivity index (χ3v) is 4.98. The quantitative estimate of drug-likeness (QED) is 0.545. The van der Waals surface area contributed by atoms with Crippen LogP contribution in [0.3, 0.4) is 0 Å². The first-order chi connectivity index (χ1) is 13.2. The van der Waals surface area contributed by atoms with Crippen LogP contribution in [0.2, 0.25) is 0 Å². The number of carbonyl (C=O) groups is 1. The molecule has 0 aliphatic rings. The molecule has 2 heterocycles. The standard InChI is InChI=1S/C21H17N3O2S/c25-14-15-6-4-7-16(12-15)22-21(26)19-13-18(20-10-5-11-27-20)23-24(19)17-8-2-1-3-9-17/h1-13,25H,14H2,(H,22,26). The van der Waals surface area contributed by atoms with Gasteiger partial charge in [0, 0.05) is 5.69 Å². The average Bonchev–Trinajstić information content (AvgIpc) is 3.38. The van der Waals surface area contributed by atoms with Gasteiger partial charge in [-0.15, -0.1) is 11.3 Å². The number of nitrogens with zero attached hydrogens (tertiary/aromatic N) is 2. The van der Waals surface area contributed by atoms with Crippen LogP contribution >= 0.6 is 11.3 Å². The van der Waals surface area contributed by atoms with Crippen LogP contribution in [0.1, 0.15) is 16.1 Å². The van der Waals surface area contributed by atoms with Crippen LogP contribution in [0, 0.1) is 0 Å². The monoisotopic (exact) mass is 375 g/mol. The second-order valence-corrected chi connectivity index (χ2v) is 6.90. The number of nitrogens with one attached hydrogen (secondary N) is 1. The van der Waals surface area contributed by atoms with E-state index in [1.165, 1.54) is 0 Å². The summed E-state index contributed by atoms with van der Waals surface area (Å²) in [6, 6.07) is 22.5. The number of para-hydroxylation sites is 1. The third-order valence-electron chi connectivity index (χ3n) is 4.08. The molecule has 0 bridgehead atoms. The molecule has 2 N–H and O–H groups in total. The molecule has 134 valence electrons. The second kappa shape index (κ2) is 7.57. The van der Waals surface area contributed by atoms with Gasteiger partial charge in [-0.2, -0.15) is 5.10 Å². The zero-order valence-electron chi connectivity index (χ0n) is 14.4. The van der Waals surface area contributed by atoms with Gasteiger partial charge in [-0.05, 0) is 47.3 Å². The van der Waals surface area contributed by atoms with E-state index in [0.717, 1.165) is 21.8 Å². The number of hydrogen-bond donors (Lipinski definition) is 2. The summed E-state index contributed by atoms with van der Waals surface area (Å²) in [6.45, 7) is -0.0752. The largest absolute Gasteiger partial charge is 0.392 e. The SMILES string of the molecule is O=C(Nc1cccc(CO)c1)c1cc(-c2cccs2)nn1-c1ccccc1. The minimum absolute atomic E-state index is 0.0752. The van der Waals surface area contributed by atoms with Gasteiger partial charge < -0.3 is 10.4 Å². The molecule has 0 saturated heterocycles. The van der Waals surface area contributed by atoms with Crippen molar-refractivity contribution in [3.8, 4) is 16.3 Å². The Labute approximate surface area is 160 Å². The van der Waals surface area contributed by atoms with E-state index >= 15 is 0 Å². The van der Waals surface area contributed by atoms with E-state index in [1.54, 1.807) is 46.4 Å². The number of hydrogen-bond acceptors (Lipinski definition) is 4. The van der Waals surface area contributed by atoms with Crippen LogP contribution in [-0.4, -0.2) is 20.8 Å². The van der Waals surface area contributed by atoms with Crippen LogP contribution in [0.15, 0.2) is 78.2 Å². The number of aromatic nitrogens is 2. The molecule has 6 heteroatoms. The number of aliphatic hydroxyl groups is 1. The zero-order valence-corrected chi connectivity index (χ0v) is 15.2. The maximum Gasteiger partial charge on any atom is 0.274 e. The minimum Gasteiger partial charge on any atom is -0.392 e. The summed E-state index contributed by atoms with van der Waals surface area (Å²) in [5.41, 5.74) is 3.38. The fourth-order valence-electron chi connectivity index (χ4n) is 2.80. The molecule has 2 aromatic carbocycles. The molecule has 0 spiro atoms. The Kier molecular flexibility index (Phi) is 4.82. The highest BCUT2D eigenvalue weighted by Crippen LogP contribution is 2.26. The average molecular weight is 375 g/mol. The lowest BCUT2D eigenvalue weighted by Gasteiger charge is -2.09. The van der Waals surface area contributed by atoms with Crippen LogP contribution in [-0.2, 0) is 6.61 Å². The zero-order chi connectivity index (χ0) is 18.6. The van der Waals surface area contributed by atoms with E-state index < -0.39 is 0 Å². The number of amides is 1. The number of benzene rings is 2. The molecule has 0 radical (unpaired) electrons. The Morgan fingerprint density at radius 3 is 2.63 bits per heavy atom. The predicted molar refractivity (Wildman–Crippen MR) is 107 cm³/mol. The summed E-state index contributed by atoms with van der Waals surface area (Å²) in [5, 5.41) is 18.8. The first kappa shape index (κ1) is 17.2. The van der Waals surface area contributed by atoms with Gasteiger partial charge in [-0.3, -0.25) is 4.79 Å². The summed E-state index contributed by atoms with van der Waals surface area (Å²) in [4.78, 5) is 14.0. The molecule has 0 aliphatic carbocycles. The molecular weight excluding hydrogens is 358 g/mol. The van der Waals surface area contributed by atoms with Crippen molar-refractivity contribution in [2.75, 3.05) is 5.32 Å². The van der Waals surface area contributed by atoms with Crippen LogP contribution in [0.5, 0.6) is 0 Å². The summed E-state index contributed by atoms with van der Waals surface area (Å²) in [5.74, 6) is -0.260. The van der Waals surface area contributed by atoms with Crippen molar-refractivity contribution in [3.63, 3.8) is 0 Å². The molecule has 0 atom stereocenters. The van der Waals surface area contributed by atoms with E-state index in [0.29, 0.717) is 11.4 Å². The summed E-state index contributed by atoms with van der Waals surface area (Å²) < 4.78 is 1.65. The van der Waals surface area contributed by atoms with Crippen molar-refractivity contribution in [3.05, 3.63) is 89.4 Å². The predicted octanol–water partition coefficient (Wildman–Crippen LogP) is 4.35. The molecule has 27 heavy (non-hydrogen) atoms. The third kappa shape index (κ3) is 3.67. The van der Waals surface area contributed by atoms with Gasteiger partial charge in [0.25, 0.3) is 5.91 Å². The van der Waals surface area contributed by atoms with E-state index in [1.807, 2.05) is 47.8 Å². The first-order valence-electron chi connectivity index (χ1n) is 8.45. The molecule has 4 aromatic rings. The van der Waals surface area contributed by atoms with E-state index in [2.05, 4.69) is 10.4 Å². The van der Waals surface area contributed by atoms with Gasteiger partial charge in [0.05, 0.1) is 17.2 Å². The van der Waals surface area contributed by atoms with Gasteiger partial charge in [-0.1, -0.05) is 36.4 Å². The van der Waals surface area contributed by atoms with E-state index in [4.69, 9.17) is 0 Å². The van der Waals surface area contributed by atoms with Crippen molar-refractivity contribution in [1.82, 2.24) is 9.78 Å². The van der Waals surface area contributed by atoms with Gasteiger partial charge in [0.2, 0.25) is 0 Å². The normalized spacial score (nSPS) is 10.7. The molecule has 0 aliphatic heterocycles. The topological polar surface area (TPSA) is 67.2 Å². The molecule has 5 nitrogen and oxygen atoms in total. The molecular formula is C21H17N3O2S. The Hall–Kier alpha value is -3.22. The van der Waals surface area contributed by atoms with Crippen molar-refractivity contribution in [1.29, 1.82) is 0 Å². The number of anilines is 1. The Bertz CT molecular complexity index is 1060. The Balaban J connectivity index is 1.72. The number of carbonyl (C=O) groups excluding carboxylic acids is 1. The fraction of sp³-hybridized carbons (Fsp3) is 0.0476. The second-order valence-electron chi connectivity index (χ2n) is 5.95. The highest BCUT2D eigenvalue weighted by atomic mass is 32.1. The minimum atomic E-state index is -0.260. The maximum atomic E-state index is 13.0. The Morgan fingerprint density at radius 1 is 1.04 bits per heavy atom. The molecule has 0 unspecified atom stereocenters. The van der Waals surface area contributed by atoms with Crippen molar-refractivity contribution < 1.29 is 9.90 Å².